The highest BCUT2D eigenvalue weighted by Crippen LogP contribution is 2.40. The average Bonchev–Trinajstić information content (AvgIpc) is 3.18. The van der Waals surface area contributed by atoms with Gasteiger partial charge in [0.1, 0.15) is 5.69 Å². The molecule has 0 aliphatic carbocycles. The summed E-state index contributed by atoms with van der Waals surface area (Å²) in [6.45, 7) is 0. The highest BCUT2D eigenvalue weighted by Gasteiger charge is 2.24. The maximum absolute atomic E-state index is 13.1. The second-order valence-electron chi connectivity index (χ2n) is 6.49. The van der Waals surface area contributed by atoms with Crippen molar-refractivity contribution >= 4 is 28.5 Å². The van der Waals surface area contributed by atoms with E-state index in [1.807, 2.05) is 0 Å². The zero-order valence-electron chi connectivity index (χ0n) is 18.6. The summed E-state index contributed by atoms with van der Waals surface area (Å²) >= 11 is 0. The first-order valence-electron chi connectivity index (χ1n) is 9.39. The van der Waals surface area contributed by atoms with Crippen LogP contribution < -0.4 is 29.0 Å². The summed E-state index contributed by atoms with van der Waals surface area (Å²) in [6.07, 6.45) is 0. The van der Waals surface area contributed by atoms with Crippen LogP contribution in [0.2, 0.25) is 0 Å². The number of aromatic amines is 1. The molecule has 1 heterocycles. The van der Waals surface area contributed by atoms with Crippen molar-refractivity contribution in [3.05, 3.63) is 35.5 Å². The normalized spacial score (nSPS) is 10.4. The number of aromatic nitrogens is 1. The van der Waals surface area contributed by atoms with E-state index in [0.717, 1.165) is 0 Å². The van der Waals surface area contributed by atoms with E-state index in [0.29, 0.717) is 39.7 Å². The van der Waals surface area contributed by atoms with Gasteiger partial charge < -0.3 is 38.7 Å². The van der Waals surface area contributed by atoms with Crippen LogP contribution in [0.25, 0.3) is 10.9 Å². The largest absolute Gasteiger partial charge is 0.493 e. The van der Waals surface area contributed by atoms with E-state index in [1.54, 1.807) is 12.1 Å². The fourth-order valence-electron chi connectivity index (χ4n) is 3.30. The molecule has 2 aromatic carbocycles. The Balaban J connectivity index is 2.13. The molecule has 0 unspecified atom stereocenters. The van der Waals surface area contributed by atoms with Crippen molar-refractivity contribution in [3.8, 4) is 28.7 Å². The lowest BCUT2D eigenvalue weighted by Gasteiger charge is -2.14. The van der Waals surface area contributed by atoms with E-state index in [-0.39, 0.29) is 16.9 Å². The first-order chi connectivity index (χ1) is 15.4. The van der Waals surface area contributed by atoms with Crippen LogP contribution in [0.1, 0.15) is 20.8 Å². The maximum Gasteiger partial charge on any atom is 0.356 e. The van der Waals surface area contributed by atoms with Crippen LogP contribution in [-0.2, 0) is 4.74 Å². The number of anilines is 1. The number of fused-ring (bicyclic) bond motifs is 1. The number of carbonyl (C=O) groups excluding carboxylic acids is 2. The van der Waals surface area contributed by atoms with Crippen molar-refractivity contribution < 1.29 is 38.0 Å². The lowest BCUT2D eigenvalue weighted by molar-refractivity contribution is 0.0596. The second kappa shape index (κ2) is 9.38. The van der Waals surface area contributed by atoms with Gasteiger partial charge >= 0.3 is 5.97 Å². The van der Waals surface area contributed by atoms with Gasteiger partial charge in [-0.15, -0.1) is 0 Å². The predicted octanol–water partition coefficient (Wildman–Crippen LogP) is 3.25. The SMILES string of the molecule is COC(=O)c1[nH]c2cc(OC)c(OC)cc2c1NC(=O)c1cc(OC)c(OC)c(OC)c1. The standard InChI is InChI=1S/C22H24N2O8/c1-27-14-9-12-13(10-15(14)28-2)23-19(22(26)32-6)18(12)24-21(25)11-7-16(29-3)20(31-5)17(8-11)30-4/h7-10,23H,1-6H3,(H,24,25). The highest BCUT2D eigenvalue weighted by atomic mass is 16.5. The van der Waals surface area contributed by atoms with Crippen molar-refractivity contribution in [1.29, 1.82) is 0 Å². The molecule has 0 fully saturated rings. The van der Waals surface area contributed by atoms with Crippen LogP contribution >= 0.6 is 0 Å². The molecule has 0 radical (unpaired) electrons. The fraction of sp³-hybridized carbons (Fsp3) is 0.273. The first-order valence-corrected chi connectivity index (χ1v) is 9.39. The summed E-state index contributed by atoms with van der Waals surface area (Å²) in [6, 6.07) is 6.33. The molecule has 1 amide bonds. The van der Waals surface area contributed by atoms with Gasteiger partial charge in [0.05, 0.1) is 53.9 Å². The Morgan fingerprint density at radius 2 is 1.31 bits per heavy atom. The lowest BCUT2D eigenvalue weighted by atomic mass is 10.1. The third kappa shape index (κ3) is 3.94. The molecule has 0 spiro atoms. The molecule has 0 saturated carbocycles. The Labute approximate surface area is 184 Å². The number of methoxy groups -OCH3 is 6. The van der Waals surface area contributed by atoms with Crippen molar-refractivity contribution in [2.75, 3.05) is 48.0 Å². The van der Waals surface area contributed by atoms with Crippen LogP contribution in [0.5, 0.6) is 28.7 Å². The fourth-order valence-corrected chi connectivity index (χ4v) is 3.30. The highest BCUT2D eigenvalue weighted by molar-refractivity contribution is 6.15. The minimum Gasteiger partial charge on any atom is -0.493 e. The average molecular weight is 444 g/mol. The summed E-state index contributed by atoms with van der Waals surface area (Å²) in [5.41, 5.74) is 1.07. The molecule has 3 rings (SSSR count). The number of hydrogen-bond donors (Lipinski definition) is 2. The van der Waals surface area contributed by atoms with Gasteiger partial charge in [0.15, 0.2) is 23.0 Å². The number of amides is 1. The third-order valence-electron chi connectivity index (χ3n) is 4.86. The number of hydrogen-bond acceptors (Lipinski definition) is 8. The molecule has 3 aromatic rings. The van der Waals surface area contributed by atoms with Crippen LogP contribution in [0, 0.1) is 0 Å². The molecule has 32 heavy (non-hydrogen) atoms. The van der Waals surface area contributed by atoms with Gasteiger partial charge in [0.2, 0.25) is 5.75 Å². The van der Waals surface area contributed by atoms with Gasteiger partial charge in [-0.25, -0.2) is 4.79 Å². The number of benzene rings is 2. The Morgan fingerprint density at radius 1 is 0.750 bits per heavy atom. The minimum absolute atomic E-state index is 0.0681. The quantitative estimate of drug-likeness (QED) is 0.509. The maximum atomic E-state index is 13.1. The second-order valence-corrected chi connectivity index (χ2v) is 6.49. The molecule has 0 atom stereocenters. The van der Waals surface area contributed by atoms with E-state index in [1.165, 1.54) is 54.8 Å². The van der Waals surface area contributed by atoms with Gasteiger partial charge in [0.25, 0.3) is 5.91 Å². The summed E-state index contributed by atoms with van der Waals surface area (Å²) < 4.78 is 31.5. The molecule has 170 valence electrons. The van der Waals surface area contributed by atoms with Crippen molar-refractivity contribution in [1.82, 2.24) is 4.98 Å². The molecule has 0 saturated heterocycles. The Hall–Kier alpha value is -4.08. The van der Waals surface area contributed by atoms with Crippen LogP contribution in [0.3, 0.4) is 0 Å². The number of esters is 1. The summed E-state index contributed by atoms with van der Waals surface area (Å²) in [5, 5.41) is 3.31. The van der Waals surface area contributed by atoms with Gasteiger partial charge in [-0.2, -0.15) is 0 Å². The molecular formula is C22H24N2O8. The lowest BCUT2D eigenvalue weighted by Crippen LogP contribution is -2.15. The summed E-state index contributed by atoms with van der Waals surface area (Å²) in [4.78, 5) is 28.5. The van der Waals surface area contributed by atoms with Crippen molar-refractivity contribution in [2.45, 2.75) is 0 Å². The third-order valence-corrected chi connectivity index (χ3v) is 4.86. The topological polar surface area (TPSA) is 117 Å². The number of H-pyrrole nitrogens is 1. The van der Waals surface area contributed by atoms with Crippen LogP contribution in [-0.4, -0.2) is 59.5 Å². The number of carbonyl (C=O) groups is 2. The number of ether oxygens (including phenoxy) is 6. The molecule has 10 heteroatoms. The zero-order valence-corrected chi connectivity index (χ0v) is 18.6. The van der Waals surface area contributed by atoms with Gasteiger partial charge in [-0.3, -0.25) is 4.79 Å². The van der Waals surface area contributed by atoms with Crippen LogP contribution in [0.4, 0.5) is 5.69 Å². The van der Waals surface area contributed by atoms with E-state index >= 15 is 0 Å². The molecule has 0 aliphatic rings. The molecule has 2 N–H and O–H groups in total. The smallest absolute Gasteiger partial charge is 0.356 e. The molecular weight excluding hydrogens is 420 g/mol. The molecule has 1 aromatic heterocycles. The van der Waals surface area contributed by atoms with E-state index in [9.17, 15) is 9.59 Å². The van der Waals surface area contributed by atoms with Gasteiger partial charge in [-0.05, 0) is 18.2 Å². The molecule has 10 nitrogen and oxygen atoms in total. The first kappa shape index (κ1) is 22.6. The summed E-state index contributed by atoms with van der Waals surface area (Å²) in [7, 11) is 8.62. The zero-order chi connectivity index (χ0) is 23.4. The molecule has 0 bridgehead atoms. The van der Waals surface area contributed by atoms with Crippen molar-refractivity contribution in [3.63, 3.8) is 0 Å². The predicted molar refractivity (Wildman–Crippen MR) is 117 cm³/mol. The van der Waals surface area contributed by atoms with Crippen LogP contribution in [0.15, 0.2) is 24.3 Å². The Morgan fingerprint density at radius 3 is 1.81 bits per heavy atom. The van der Waals surface area contributed by atoms with E-state index in [4.69, 9.17) is 28.4 Å². The van der Waals surface area contributed by atoms with Gasteiger partial charge in [-0.1, -0.05) is 0 Å². The van der Waals surface area contributed by atoms with E-state index in [2.05, 4.69) is 10.3 Å². The Kier molecular flexibility index (Phi) is 6.62. The van der Waals surface area contributed by atoms with Crippen molar-refractivity contribution in [2.24, 2.45) is 0 Å². The molecule has 0 aliphatic heterocycles. The van der Waals surface area contributed by atoms with Gasteiger partial charge in [0, 0.05) is 17.0 Å². The minimum atomic E-state index is -0.653. The van der Waals surface area contributed by atoms with E-state index < -0.39 is 11.9 Å². The monoisotopic (exact) mass is 444 g/mol. The number of nitrogens with one attached hydrogen (secondary N) is 2. The number of rotatable bonds is 8. The summed E-state index contributed by atoms with van der Waals surface area (Å²) in [5.74, 6) is 0.708. The Bertz CT molecular complexity index is 1140.